The summed E-state index contributed by atoms with van der Waals surface area (Å²) in [5.41, 5.74) is -0.951. The number of aliphatic hydroxyl groups is 1. The van der Waals surface area contributed by atoms with Gasteiger partial charge in [0.1, 0.15) is 11.4 Å². The van der Waals surface area contributed by atoms with Crippen LogP contribution in [0.3, 0.4) is 0 Å². The number of nitrogens with zero attached hydrogens (tertiary/aromatic N) is 1. The van der Waals surface area contributed by atoms with Crippen molar-refractivity contribution in [1.82, 2.24) is 4.90 Å². The molecule has 0 aromatic carbocycles. The highest BCUT2D eigenvalue weighted by Gasteiger charge is 2.46. The predicted octanol–water partition coefficient (Wildman–Crippen LogP) is 6.74. The summed E-state index contributed by atoms with van der Waals surface area (Å²) in [6.07, 6.45) is 11.6. The molecule has 0 fully saturated rings. The number of allylic oxidation sites excluding steroid dienone is 5. The van der Waals surface area contributed by atoms with E-state index < -0.39 is 17.1 Å². The zero-order valence-electron chi connectivity index (χ0n) is 21.2. The van der Waals surface area contributed by atoms with Crippen LogP contribution in [0.25, 0.3) is 0 Å². The molecule has 0 heterocycles. The van der Waals surface area contributed by atoms with Crippen molar-refractivity contribution in [2.75, 3.05) is 13.1 Å². The van der Waals surface area contributed by atoms with Crippen molar-refractivity contribution < 1.29 is 9.84 Å². The molecule has 0 aliphatic rings. The molecule has 170 valence electrons. The van der Waals surface area contributed by atoms with E-state index in [4.69, 9.17) is 4.74 Å². The van der Waals surface area contributed by atoms with Gasteiger partial charge in [0, 0.05) is 17.5 Å². The number of ether oxygens (including phenoxy) is 1. The van der Waals surface area contributed by atoms with Crippen LogP contribution in [0.4, 0.5) is 0 Å². The second-order valence-corrected chi connectivity index (χ2v) is 9.85. The smallest absolute Gasteiger partial charge is 0.119 e. The lowest BCUT2D eigenvalue weighted by molar-refractivity contribution is -0.129. The third kappa shape index (κ3) is 7.61. The summed E-state index contributed by atoms with van der Waals surface area (Å²) in [7, 11) is 0. The first-order valence-corrected chi connectivity index (χ1v) is 11.4. The van der Waals surface area contributed by atoms with Gasteiger partial charge in [-0.1, -0.05) is 59.3 Å². The highest BCUT2D eigenvalue weighted by Crippen LogP contribution is 2.40. The highest BCUT2D eigenvalue weighted by molar-refractivity contribution is 5.19. The maximum absolute atomic E-state index is 11.4. The van der Waals surface area contributed by atoms with Crippen LogP contribution in [0.5, 0.6) is 0 Å². The average molecular weight is 408 g/mol. The van der Waals surface area contributed by atoms with Gasteiger partial charge in [-0.25, -0.2) is 0 Å². The van der Waals surface area contributed by atoms with E-state index in [-0.39, 0.29) is 5.54 Å². The van der Waals surface area contributed by atoms with Crippen molar-refractivity contribution >= 4 is 0 Å². The SMILES string of the molecule is C\C=C/C=C(\C=C/C)OC(C)(C)C(C)(C)C(O)CN(CCC)C(C)(C)C(C)CC. The second kappa shape index (κ2) is 12.0. The van der Waals surface area contributed by atoms with Crippen LogP contribution in [0.1, 0.15) is 89.0 Å². The molecule has 0 aliphatic carbocycles. The Morgan fingerprint density at radius 3 is 2.07 bits per heavy atom. The molecule has 0 saturated carbocycles. The maximum atomic E-state index is 11.4. The normalized spacial score (nSPS) is 16.8. The summed E-state index contributed by atoms with van der Waals surface area (Å²) < 4.78 is 6.41. The Kier molecular flexibility index (Phi) is 11.5. The predicted molar refractivity (Wildman–Crippen MR) is 128 cm³/mol. The first-order chi connectivity index (χ1) is 13.3. The van der Waals surface area contributed by atoms with Gasteiger partial charge in [0.15, 0.2) is 0 Å². The molecule has 0 aromatic rings. The molecule has 0 saturated heterocycles. The van der Waals surface area contributed by atoms with Gasteiger partial charge in [0.25, 0.3) is 0 Å². The van der Waals surface area contributed by atoms with Gasteiger partial charge in [-0.05, 0) is 72.6 Å². The Labute approximate surface area is 181 Å². The van der Waals surface area contributed by atoms with Gasteiger partial charge >= 0.3 is 0 Å². The van der Waals surface area contributed by atoms with E-state index in [1.165, 1.54) is 0 Å². The van der Waals surface area contributed by atoms with Crippen LogP contribution >= 0.6 is 0 Å². The molecule has 0 amide bonds. The molecule has 3 nitrogen and oxygen atoms in total. The highest BCUT2D eigenvalue weighted by atomic mass is 16.5. The van der Waals surface area contributed by atoms with Crippen molar-refractivity contribution in [3.05, 3.63) is 36.1 Å². The molecule has 0 rings (SSSR count). The number of rotatable bonds is 13. The fourth-order valence-corrected chi connectivity index (χ4v) is 3.44. The van der Waals surface area contributed by atoms with Crippen molar-refractivity contribution in [2.45, 2.75) is 106 Å². The molecular weight excluding hydrogens is 358 g/mol. The topological polar surface area (TPSA) is 32.7 Å². The van der Waals surface area contributed by atoms with Crippen LogP contribution in [-0.2, 0) is 4.74 Å². The van der Waals surface area contributed by atoms with E-state index in [1.54, 1.807) is 0 Å². The molecule has 0 spiro atoms. The molecule has 0 aliphatic heterocycles. The molecular formula is C26H49NO2. The molecule has 3 heteroatoms. The molecule has 2 atom stereocenters. The summed E-state index contributed by atoms with van der Waals surface area (Å²) in [5.74, 6) is 1.36. The zero-order valence-corrected chi connectivity index (χ0v) is 21.2. The quantitative estimate of drug-likeness (QED) is 0.271. The first-order valence-electron chi connectivity index (χ1n) is 11.4. The van der Waals surface area contributed by atoms with Gasteiger partial charge in [-0.3, -0.25) is 4.90 Å². The molecule has 0 aromatic heterocycles. The van der Waals surface area contributed by atoms with E-state index in [2.05, 4.69) is 67.2 Å². The third-order valence-electron chi connectivity index (χ3n) is 7.06. The largest absolute Gasteiger partial charge is 0.487 e. The summed E-state index contributed by atoms with van der Waals surface area (Å²) in [6.45, 7) is 25.4. The zero-order chi connectivity index (χ0) is 22.9. The Balaban J connectivity index is 5.66. The average Bonchev–Trinajstić information content (AvgIpc) is 2.64. The van der Waals surface area contributed by atoms with Crippen LogP contribution in [0.15, 0.2) is 36.1 Å². The van der Waals surface area contributed by atoms with Gasteiger partial charge in [0.2, 0.25) is 0 Å². The van der Waals surface area contributed by atoms with Crippen LogP contribution < -0.4 is 0 Å². The van der Waals surface area contributed by atoms with E-state index in [1.807, 2.05) is 44.2 Å². The molecule has 2 unspecified atom stereocenters. The Morgan fingerprint density at radius 1 is 1.03 bits per heavy atom. The van der Waals surface area contributed by atoms with Gasteiger partial charge in [-0.15, -0.1) is 0 Å². The monoisotopic (exact) mass is 407 g/mol. The summed E-state index contributed by atoms with van der Waals surface area (Å²) in [6, 6.07) is 0. The minimum absolute atomic E-state index is 0.0365. The number of aliphatic hydroxyl groups excluding tert-OH is 1. The molecule has 0 bridgehead atoms. The minimum Gasteiger partial charge on any atom is -0.487 e. The first kappa shape index (κ1) is 27.9. The second-order valence-electron chi connectivity index (χ2n) is 9.85. The minimum atomic E-state index is -0.544. The fraction of sp³-hybridized carbons (Fsp3) is 0.769. The van der Waals surface area contributed by atoms with E-state index in [0.29, 0.717) is 12.5 Å². The van der Waals surface area contributed by atoms with E-state index >= 15 is 0 Å². The van der Waals surface area contributed by atoms with Crippen molar-refractivity contribution in [3.8, 4) is 0 Å². The standard InChI is InChI=1S/C26H49NO2/c1-12-16-18-22(17-13-2)29-26(10,11)24(6,7)23(28)20-27(19-14-3)25(8,9)21(5)15-4/h12-13,16-18,21,23,28H,14-15,19-20H2,1-11H3/b16-12-,17-13-,22-18+. The van der Waals surface area contributed by atoms with Crippen LogP contribution in [-0.4, -0.2) is 40.3 Å². The Hall–Kier alpha value is -1.06. The number of hydrogen-bond acceptors (Lipinski definition) is 3. The Bertz CT molecular complexity index is 555. The lowest BCUT2D eigenvalue weighted by Gasteiger charge is -2.49. The van der Waals surface area contributed by atoms with Crippen molar-refractivity contribution in [3.63, 3.8) is 0 Å². The summed E-state index contributed by atoms with van der Waals surface area (Å²) in [4.78, 5) is 2.46. The summed E-state index contributed by atoms with van der Waals surface area (Å²) in [5, 5.41) is 11.4. The Morgan fingerprint density at radius 2 is 1.62 bits per heavy atom. The van der Waals surface area contributed by atoms with Gasteiger partial charge < -0.3 is 9.84 Å². The lowest BCUT2D eigenvalue weighted by atomic mass is 9.72. The third-order valence-corrected chi connectivity index (χ3v) is 7.06. The maximum Gasteiger partial charge on any atom is 0.119 e. The van der Waals surface area contributed by atoms with Crippen molar-refractivity contribution in [2.24, 2.45) is 11.3 Å². The van der Waals surface area contributed by atoms with E-state index in [0.717, 1.165) is 25.1 Å². The van der Waals surface area contributed by atoms with Crippen LogP contribution in [0, 0.1) is 11.3 Å². The molecule has 0 radical (unpaired) electrons. The van der Waals surface area contributed by atoms with E-state index in [9.17, 15) is 5.11 Å². The number of hydrogen-bond donors (Lipinski definition) is 1. The molecule has 1 N–H and O–H groups in total. The number of β-amino-alcohol motifs (C(OH)–C–C–N with tert-alkyl or cyclic N) is 1. The lowest BCUT2D eigenvalue weighted by Crippen LogP contribution is -2.57. The van der Waals surface area contributed by atoms with Crippen molar-refractivity contribution in [1.29, 1.82) is 0 Å². The fourth-order valence-electron chi connectivity index (χ4n) is 3.44. The summed E-state index contributed by atoms with van der Waals surface area (Å²) >= 11 is 0. The van der Waals surface area contributed by atoms with Gasteiger partial charge in [-0.2, -0.15) is 0 Å². The van der Waals surface area contributed by atoms with Crippen LogP contribution in [0.2, 0.25) is 0 Å². The molecule has 29 heavy (non-hydrogen) atoms. The van der Waals surface area contributed by atoms with Gasteiger partial charge in [0.05, 0.1) is 6.10 Å².